The lowest BCUT2D eigenvalue weighted by Gasteiger charge is -2.04. The van der Waals surface area contributed by atoms with Crippen LogP contribution in [0.2, 0.25) is 0 Å². The highest BCUT2D eigenvalue weighted by molar-refractivity contribution is 5.91. The van der Waals surface area contributed by atoms with Gasteiger partial charge in [0.25, 0.3) is 0 Å². The summed E-state index contributed by atoms with van der Waals surface area (Å²) in [6.07, 6.45) is 0. The van der Waals surface area contributed by atoms with Gasteiger partial charge in [-0.3, -0.25) is 0 Å². The van der Waals surface area contributed by atoms with Gasteiger partial charge >= 0.3 is 5.97 Å². The van der Waals surface area contributed by atoms with E-state index in [1.807, 2.05) is 38.1 Å². The van der Waals surface area contributed by atoms with Crippen LogP contribution in [0.25, 0.3) is 0 Å². The van der Waals surface area contributed by atoms with E-state index in [4.69, 9.17) is 4.74 Å². The first kappa shape index (κ1) is 11.4. The van der Waals surface area contributed by atoms with Crippen LogP contribution in [0.5, 0.6) is 5.75 Å². The molecule has 2 nitrogen and oxygen atoms in total. The molecule has 2 heteroatoms. The molecule has 0 saturated carbocycles. The molecular formula is C15H14O2. The monoisotopic (exact) mass is 226 g/mol. The second kappa shape index (κ2) is 4.83. The van der Waals surface area contributed by atoms with E-state index in [2.05, 4.69) is 0 Å². The number of carbonyl (C=O) groups is 1. The third-order valence-corrected chi connectivity index (χ3v) is 2.52. The van der Waals surface area contributed by atoms with Crippen molar-refractivity contribution in [1.82, 2.24) is 0 Å². The van der Waals surface area contributed by atoms with Crippen molar-refractivity contribution in [3.8, 4) is 5.75 Å². The number of carbonyl (C=O) groups excluding carboxylic acids is 1. The van der Waals surface area contributed by atoms with Gasteiger partial charge in [0.05, 0.1) is 5.56 Å². The van der Waals surface area contributed by atoms with E-state index in [9.17, 15) is 4.79 Å². The first-order valence-electron chi connectivity index (χ1n) is 5.51. The quantitative estimate of drug-likeness (QED) is 0.578. The molecule has 2 aromatic rings. The van der Waals surface area contributed by atoms with Crippen molar-refractivity contribution < 1.29 is 9.53 Å². The molecule has 0 spiro atoms. The Labute approximate surface area is 101 Å². The molecule has 2 aromatic carbocycles. The molecule has 0 aliphatic heterocycles. The SMILES string of the molecule is Cc1ccc(OC(=O)c2ccc(C)cc2)cc1. The fourth-order valence-electron chi connectivity index (χ4n) is 1.46. The van der Waals surface area contributed by atoms with Crippen molar-refractivity contribution in [3.63, 3.8) is 0 Å². The molecule has 0 atom stereocenters. The van der Waals surface area contributed by atoms with E-state index in [1.54, 1.807) is 24.3 Å². The summed E-state index contributed by atoms with van der Waals surface area (Å²) in [7, 11) is 0. The molecule has 0 unspecified atom stereocenters. The lowest BCUT2D eigenvalue weighted by atomic mass is 10.1. The van der Waals surface area contributed by atoms with Crippen LogP contribution in [0.4, 0.5) is 0 Å². The molecule has 0 N–H and O–H groups in total. The smallest absolute Gasteiger partial charge is 0.343 e. The van der Waals surface area contributed by atoms with E-state index in [0.717, 1.165) is 11.1 Å². The Morgan fingerprint density at radius 3 is 1.82 bits per heavy atom. The zero-order valence-corrected chi connectivity index (χ0v) is 9.94. The third kappa shape index (κ3) is 2.94. The van der Waals surface area contributed by atoms with Crippen LogP contribution in [0.1, 0.15) is 21.5 Å². The molecular weight excluding hydrogens is 212 g/mol. The van der Waals surface area contributed by atoms with E-state index in [1.165, 1.54) is 0 Å². The Kier molecular flexibility index (Phi) is 3.24. The molecule has 0 bridgehead atoms. The van der Waals surface area contributed by atoms with Gasteiger partial charge in [0, 0.05) is 0 Å². The van der Waals surface area contributed by atoms with Crippen LogP contribution in [0.3, 0.4) is 0 Å². The summed E-state index contributed by atoms with van der Waals surface area (Å²) in [6.45, 7) is 3.97. The summed E-state index contributed by atoms with van der Waals surface area (Å²) >= 11 is 0. The van der Waals surface area contributed by atoms with Gasteiger partial charge < -0.3 is 4.74 Å². The summed E-state index contributed by atoms with van der Waals surface area (Å²) in [6, 6.07) is 14.7. The minimum absolute atomic E-state index is 0.325. The van der Waals surface area contributed by atoms with E-state index < -0.39 is 0 Å². The maximum atomic E-state index is 11.8. The van der Waals surface area contributed by atoms with E-state index in [0.29, 0.717) is 11.3 Å². The Morgan fingerprint density at radius 2 is 1.29 bits per heavy atom. The van der Waals surface area contributed by atoms with Gasteiger partial charge in [-0.2, -0.15) is 0 Å². The number of esters is 1. The van der Waals surface area contributed by atoms with Crippen LogP contribution in [-0.4, -0.2) is 5.97 Å². The summed E-state index contributed by atoms with van der Waals surface area (Å²) in [5.41, 5.74) is 2.83. The fraction of sp³-hybridized carbons (Fsp3) is 0.133. The maximum Gasteiger partial charge on any atom is 0.343 e. The second-order valence-corrected chi connectivity index (χ2v) is 4.07. The van der Waals surface area contributed by atoms with Crippen molar-refractivity contribution in [1.29, 1.82) is 0 Å². The highest BCUT2D eigenvalue weighted by Gasteiger charge is 2.07. The normalized spacial score (nSPS) is 10.0. The molecule has 2 rings (SSSR count). The summed E-state index contributed by atoms with van der Waals surface area (Å²) < 4.78 is 5.26. The Bertz CT molecular complexity index is 510. The van der Waals surface area contributed by atoms with Gasteiger partial charge in [-0.15, -0.1) is 0 Å². The van der Waals surface area contributed by atoms with Gasteiger partial charge in [0.2, 0.25) is 0 Å². The first-order valence-corrected chi connectivity index (χ1v) is 5.51. The predicted molar refractivity (Wildman–Crippen MR) is 67.3 cm³/mol. The average Bonchev–Trinajstić information content (AvgIpc) is 2.33. The lowest BCUT2D eigenvalue weighted by molar-refractivity contribution is 0.0735. The van der Waals surface area contributed by atoms with Crippen molar-refractivity contribution in [3.05, 3.63) is 65.2 Å². The number of hydrogen-bond donors (Lipinski definition) is 0. The number of rotatable bonds is 2. The number of ether oxygens (including phenoxy) is 1. The van der Waals surface area contributed by atoms with Crippen LogP contribution >= 0.6 is 0 Å². The van der Waals surface area contributed by atoms with Crippen molar-refractivity contribution in [2.75, 3.05) is 0 Å². The Balaban J connectivity index is 2.11. The predicted octanol–water partition coefficient (Wildman–Crippen LogP) is 3.52. The largest absolute Gasteiger partial charge is 0.423 e. The number of benzene rings is 2. The van der Waals surface area contributed by atoms with E-state index in [-0.39, 0.29) is 5.97 Å². The minimum atomic E-state index is -0.325. The zero-order valence-electron chi connectivity index (χ0n) is 9.94. The Morgan fingerprint density at radius 1 is 0.824 bits per heavy atom. The van der Waals surface area contributed by atoms with Crippen molar-refractivity contribution in [2.24, 2.45) is 0 Å². The summed E-state index contributed by atoms with van der Waals surface area (Å²) in [4.78, 5) is 11.8. The molecule has 0 aliphatic carbocycles. The lowest BCUT2D eigenvalue weighted by Crippen LogP contribution is -2.08. The first-order chi connectivity index (χ1) is 8.15. The zero-order chi connectivity index (χ0) is 12.3. The molecule has 0 radical (unpaired) electrons. The molecule has 0 aliphatic rings. The van der Waals surface area contributed by atoms with Gasteiger partial charge in [0.1, 0.15) is 5.75 Å². The van der Waals surface area contributed by atoms with Crippen LogP contribution < -0.4 is 4.74 Å². The topological polar surface area (TPSA) is 26.3 Å². The number of hydrogen-bond acceptors (Lipinski definition) is 2. The highest BCUT2D eigenvalue weighted by atomic mass is 16.5. The van der Waals surface area contributed by atoms with E-state index >= 15 is 0 Å². The molecule has 0 heterocycles. The van der Waals surface area contributed by atoms with Crippen LogP contribution in [-0.2, 0) is 0 Å². The highest BCUT2D eigenvalue weighted by Crippen LogP contribution is 2.14. The molecule has 86 valence electrons. The average molecular weight is 226 g/mol. The van der Waals surface area contributed by atoms with Gasteiger partial charge in [0.15, 0.2) is 0 Å². The van der Waals surface area contributed by atoms with Crippen LogP contribution in [0.15, 0.2) is 48.5 Å². The minimum Gasteiger partial charge on any atom is -0.423 e. The van der Waals surface area contributed by atoms with Crippen LogP contribution in [0, 0.1) is 13.8 Å². The fourth-order valence-corrected chi connectivity index (χ4v) is 1.46. The van der Waals surface area contributed by atoms with Crippen molar-refractivity contribution in [2.45, 2.75) is 13.8 Å². The standard InChI is InChI=1S/C15H14O2/c1-11-3-7-13(8-4-11)15(16)17-14-9-5-12(2)6-10-14/h3-10H,1-2H3. The molecule has 0 saturated heterocycles. The van der Waals surface area contributed by atoms with Gasteiger partial charge in [-0.05, 0) is 38.1 Å². The number of aryl methyl sites for hydroxylation is 2. The molecule has 17 heavy (non-hydrogen) atoms. The van der Waals surface area contributed by atoms with Gasteiger partial charge in [-0.25, -0.2) is 4.79 Å². The molecule has 0 amide bonds. The summed E-state index contributed by atoms with van der Waals surface area (Å²) in [5, 5.41) is 0. The Hall–Kier alpha value is -2.09. The third-order valence-electron chi connectivity index (χ3n) is 2.52. The second-order valence-electron chi connectivity index (χ2n) is 4.07. The van der Waals surface area contributed by atoms with Gasteiger partial charge in [-0.1, -0.05) is 35.4 Å². The molecule has 0 fully saturated rings. The summed E-state index contributed by atoms with van der Waals surface area (Å²) in [5.74, 6) is 0.245. The van der Waals surface area contributed by atoms with Crippen molar-refractivity contribution >= 4 is 5.97 Å². The maximum absolute atomic E-state index is 11.8. The molecule has 0 aromatic heterocycles.